The van der Waals surface area contributed by atoms with Crippen molar-refractivity contribution in [3.05, 3.63) is 24.3 Å². The lowest BCUT2D eigenvalue weighted by Crippen LogP contribution is -2.47. The van der Waals surface area contributed by atoms with Crippen LogP contribution >= 0.6 is 0 Å². The van der Waals surface area contributed by atoms with Gasteiger partial charge in [0, 0.05) is 12.8 Å². The molecular formula is C48H88N2O7. The van der Waals surface area contributed by atoms with Gasteiger partial charge in [0.05, 0.1) is 13.2 Å². The number of carbonyl (C=O) groups is 4. The van der Waals surface area contributed by atoms with Crippen LogP contribution in [-0.2, 0) is 23.9 Å². The van der Waals surface area contributed by atoms with Crippen LogP contribution in [0, 0.1) is 0 Å². The van der Waals surface area contributed by atoms with Gasteiger partial charge in [-0.2, -0.15) is 0 Å². The number of ether oxygens (including phenoxy) is 1. The molecule has 9 nitrogen and oxygen atoms in total. The van der Waals surface area contributed by atoms with Gasteiger partial charge in [0.25, 0.3) is 0 Å². The first-order chi connectivity index (χ1) is 27.8. The summed E-state index contributed by atoms with van der Waals surface area (Å²) in [5, 5.41) is 22.6. The van der Waals surface area contributed by atoms with Crippen molar-refractivity contribution in [3.63, 3.8) is 0 Å². The highest BCUT2D eigenvalue weighted by Gasteiger charge is 2.19. The molecule has 2 atom stereocenters. The zero-order chi connectivity index (χ0) is 41.9. The van der Waals surface area contributed by atoms with E-state index >= 15 is 0 Å². The minimum Gasteiger partial charge on any atom is -0.480 e. The Labute approximate surface area is 349 Å². The van der Waals surface area contributed by atoms with Crippen molar-refractivity contribution < 1.29 is 34.1 Å². The van der Waals surface area contributed by atoms with Crippen molar-refractivity contribution in [1.82, 2.24) is 10.6 Å². The summed E-state index contributed by atoms with van der Waals surface area (Å²) >= 11 is 0. The Hall–Kier alpha value is -2.68. The molecule has 2 amide bonds. The van der Waals surface area contributed by atoms with Crippen LogP contribution in [0.5, 0.6) is 0 Å². The number of aliphatic hydroxyl groups excluding tert-OH is 1. The molecule has 0 aliphatic carbocycles. The van der Waals surface area contributed by atoms with E-state index in [1.54, 1.807) is 0 Å². The topological polar surface area (TPSA) is 142 Å². The number of esters is 1. The summed E-state index contributed by atoms with van der Waals surface area (Å²) in [6.07, 6.45) is 47.7. The average molecular weight is 805 g/mol. The predicted molar refractivity (Wildman–Crippen MR) is 236 cm³/mol. The van der Waals surface area contributed by atoms with Crippen LogP contribution in [0.4, 0.5) is 0 Å². The van der Waals surface area contributed by atoms with Crippen molar-refractivity contribution in [3.8, 4) is 0 Å². The van der Waals surface area contributed by atoms with Crippen molar-refractivity contribution in [2.24, 2.45) is 0 Å². The molecule has 332 valence electrons. The lowest BCUT2D eigenvalue weighted by molar-refractivity contribution is -0.150. The van der Waals surface area contributed by atoms with Crippen molar-refractivity contribution in [2.75, 3.05) is 13.2 Å². The Kier molecular flexibility index (Phi) is 40.9. The molecule has 4 N–H and O–H groups in total. The third-order valence-electron chi connectivity index (χ3n) is 10.7. The van der Waals surface area contributed by atoms with Crippen LogP contribution in [-0.4, -0.2) is 59.3 Å². The molecule has 0 rings (SSSR count). The number of rotatable bonds is 43. The molecule has 0 aromatic heterocycles. The highest BCUT2D eigenvalue weighted by molar-refractivity contribution is 5.87. The van der Waals surface area contributed by atoms with Gasteiger partial charge in [0.1, 0.15) is 12.1 Å². The van der Waals surface area contributed by atoms with E-state index in [2.05, 4.69) is 48.8 Å². The zero-order valence-electron chi connectivity index (χ0n) is 36.9. The third kappa shape index (κ3) is 39.9. The van der Waals surface area contributed by atoms with Gasteiger partial charge in [-0.25, -0.2) is 4.79 Å². The fraction of sp³-hybridized carbons (Fsp3) is 0.833. The molecule has 0 aliphatic rings. The van der Waals surface area contributed by atoms with Crippen molar-refractivity contribution in [1.29, 1.82) is 0 Å². The normalized spacial score (nSPS) is 12.6. The average Bonchev–Trinajstić information content (AvgIpc) is 3.20. The van der Waals surface area contributed by atoms with E-state index in [0.717, 1.165) is 77.0 Å². The SMILES string of the molecule is CCCCCC/C=C\C/C=C\CCCCCCCC(=O)OC(CCCCCCCCCCCCCCC)CCCCCCCC(=O)NCC(=O)NC(CO)C(=O)O. The van der Waals surface area contributed by atoms with Gasteiger partial charge >= 0.3 is 11.9 Å². The number of carboxylic acids is 1. The quantitative estimate of drug-likeness (QED) is 0.0273. The van der Waals surface area contributed by atoms with Gasteiger partial charge in [-0.1, -0.05) is 173 Å². The third-order valence-corrected chi connectivity index (χ3v) is 10.7. The molecular weight excluding hydrogens is 717 g/mol. The number of hydrogen-bond acceptors (Lipinski definition) is 6. The Morgan fingerprint density at radius 2 is 0.947 bits per heavy atom. The Balaban J connectivity index is 4.32. The number of carboxylic acid groups (broad SMARTS) is 1. The predicted octanol–water partition coefficient (Wildman–Crippen LogP) is 12.0. The molecule has 0 radical (unpaired) electrons. The molecule has 0 bridgehead atoms. The molecule has 0 fully saturated rings. The minimum absolute atomic E-state index is 0.0172. The lowest BCUT2D eigenvalue weighted by atomic mass is 10.0. The van der Waals surface area contributed by atoms with E-state index in [4.69, 9.17) is 14.9 Å². The maximum Gasteiger partial charge on any atom is 0.328 e. The molecule has 2 unspecified atom stereocenters. The summed E-state index contributed by atoms with van der Waals surface area (Å²) in [5.74, 6) is -2.29. The fourth-order valence-electron chi connectivity index (χ4n) is 7.04. The monoisotopic (exact) mass is 805 g/mol. The summed E-state index contributed by atoms with van der Waals surface area (Å²) < 4.78 is 6.05. The molecule has 0 spiro atoms. The number of hydrogen-bond donors (Lipinski definition) is 4. The van der Waals surface area contributed by atoms with Crippen LogP contribution in [0.3, 0.4) is 0 Å². The van der Waals surface area contributed by atoms with Gasteiger partial charge in [-0.05, 0) is 70.6 Å². The summed E-state index contributed by atoms with van der Waals surface area (Å²) in [6, 6.07) is -1.38. The second-order valence-corrected chi connectivity index (χ2v) is 16.2. The first-order valence-corrected chi connectivity index (χ1v) is 23.7. The second kappa shape index (κ2) is 42.9. The minimum atomic E-state index is -1.38. The maximum atomic E-state index is 12.8. The van der Waals surface area contributed by atoms with E-state index in [1.165, 1.54) is 122 Å². The lowest BCUT2D eigenvalue weighted by Gasteiger charge is -2.18. The summed E-state index contributed by atoms with van der Waals surface area (Å²) in [6.45, 7) is 3.48. The van der Waals surface area contributed by atoms with Gasteiger partial charge in [0.15, 0.2) is 0 Å². The van der Waals surface area contributed by atoms with E-state index in [-0.39, 0.29) is 24.5 Å². The van der Waals surface area contributed by atoms with E-state index in [0.29, 0.717) is 19.3 Å². The first kappa shape index (κ1) is 54.3. The van der Waals surface area contributed by atoms with Gasteiger partial charge < -0.3 is 25.6 Å². The Morgan fingerprint density at radius 3 is 1.42 bits per heavy atom. The number of aliphatic carboxylic acids is 1. The molecule has 0 saturated carbocycles. The second-order valence-electron chi connectivity index (χ2n) is 16.2. The van der Waals surface area contributed by atoms with Gasteiger partial charge in [-0.3, -0.25) is 14.4 Å². The molecule has 0 aromatic carbocycles. The summed E-state index contributed by atoms with van der Waals surface area (Å²) in [5.41, 5.74) is 0. The van der Waals surface area contributed by atoms with Crippen LogP contribution < -0.4 is 10.6 Å². The van der Waals surface area contributed by atoms with Crippen LogP contribution in [0.25, 0.3) is 0 Å². The van der Waals surface area contributed by atoms with Crippen LogP contribution in [0.15, 0.2) is 24.3 Å². The van der Waals surface area contributed by atoms with Crippen molar-refractivity contribution in [2.45, 2.75) is 244 Å². The van der Waals surface area contributed by atoms with Gasteiger partial charge in [0.2, 0.25) is 11.8 Å². The van der Waals surface area contributed by atoms with E-state index < -0.39 is 24.5 Å². The number of amides is 2. The Morgan fingerprint density at radius 1 is 0.526 bits per heavy atom. The zero-order valence-corrected chi connectivity index (χ0v) is 36.9. The number of allylic oxidation sites excluding steroid dienone is 4. The molecule has 0 heterocycles. The van der Waals surface area contributed by atoms with E-state index in [9.17, 15) is 19.2 Å². The number of unbranched alkanes of at least 4 members (excludes halogenated alkanes) is 25. The fourth-order valence-corrected chi connectivity index (χ4v) is 7.04. The molecule has 9 heteroatoms. The first-order valence-electron chi connectivity index (χ1n) is 23.7. The molecule has 0 aromatic rings. The Bertz CT molecular complexity index is 1010. The summed E-state index contributed by atoms with van der Waals surface area (Å²) in [4.78, 5) is 47.7. The van der Waals surface area contributed by atoms with Crippen molar-refractivity contribution >= 4 is 23.8 Å². The maximum absolute atomic E-state index is 12.8. The largest absolute Gasteiger partial charge is 0.480 e. The van der Waals surface area contributed by atoms with Crippen LogP contribution in [0.2, 0.25) is 0 Å². The smallest absolute Gasteiger partial charge is 0.328 e. The van der Waals surface area contributed by atoms with E-state index in [1.807, 2.05) is 0 Å². The highest BCUT2D eigenvalue weighted by Crippen LogP contribution is 2.19. The van der Waals surface area contributed by atoms with Crippen LogP contribution in [0.1, 0.15) is 232 Å². The standard InChI is InChI=1S/C48H88N2O7/c1-3-5-7-9-11-13-15-17-18-19-21-23-25-27-32-36-40-47(54)57-43(37-33-29-26-24-22-20-16-14-12-10-8-6-4-2)38-34-30-28-31-35-39-45(52)49-41-46(53)50-44(42-51)48(55)56/h13,15,18-19,43-44,51H,3-12,14,16-17,20-42H2,1-2H3,(H,49,52)(H,50,53)(H,55,56)/b15-13-,19-18-. The number of nitrogens with one attached hydrogen (secondary N) is 2. The summed E-state index contributed by atoms with van der Waals surface area (Å²) in [7, 11) is 0. The molecule has 57 heavy (non-hydrogen) atoms. The highest BCUT2D eigenvalue weighted by atomic mass is 16.5. The molecule has 0 saturated heterocycles. The number of aliphatic hydroxyl groups is 1. The molecule has 0 aliphatic heterocycles. The number of carbonyl (C=O) groups excluding carboxylic acids is 3. The van der Waals surface area contributed by atoms with Gasteiger partial charge in [-0.15, -0.1) is 0 Å².